The maximum atomic E-state index is 12.6. The van der Waals surface area contributed by atoms with Gasteiger partial charge in [0, 0.05) is 0 Å². The molecule has 0 fully saturated rings. The van der Waals surface area contributed by atoms with Crippen LogP contribution in [0.15, 0.2) is 11.6 Å². The first kappa shape index (κ1) is 25.2. The molecule has 0 rings (SSSR count). The lowest BCUT2D eigenvalue weighted by Crippen LogP contribution is -2.54. The van der Waals surface area contributed by atoms with Crippen LogP contribution in [0.3, 0.4) is 0 Å². The summed E-state index contributed by atoms with van der Waals surface area (Å²) in [5, 5.41) is 10.1. The zero-order valence-corrected chi connectivity index (χ0v) is 17.9. The van der Waals surface area contributed by atoms with E-state index < -0.39 is 35.4 Å². The van der Waals surface area contributed by atoms with Crippen molar-refractivity contribution in [1.82, 2.24) is 10.4 Å². The highest BCUT2D eigenvalue weighted by molar-refractivity contribution is 5.93. The van der Waals surface area contributed by atoms with E-state index in [1.54, 1.807) is 61.5 Å². The van der Waals surface area contributed by atoms with Crippen molar-refractivity contribution < 1.29 is 28.6 Å². The Labute approximate surface area is 166 Å². The van der Waals surface area contributed by atoms with Gasteiger partial charge in [0.05, 0.1) is 12.6 Å². The van der Waals surface area contributed by atoms with Crippen molar-refractivity contribution in [3.05, 3.63) is 11.6 Å². The zero-order chi connectivity index (χ0) is 22.1. The lowest BCUT2D eigenvalue weighted by atomic mass is 10.1. The summed E-state index contributed by atoms with van der Waals surface area (Å²) >= 11 is 0. The highest BCUT2D eigenvalue weighted by Crippen LogP contribution is 2.15. The van der Waals surface area contributed by atoms with E-state index in [4.69, 9.17) is 14.2 Å². The zero-order valence-electron chi connectivity index (χ0n) is 17.9. The number of nitriles is 1. The van der Waals surface area contributed by atoms with Crippen molar-refractivity contribution in [1.29, 1.82) is 5.26 Å². The molecule has 1 atom stereocenters. The molecule has 0 radical (unpaired) electrons. The fourth-order valence-corrected chi connectivity index (χ4v) is 1.90. The minimum absolute atomic E-state index is 0.0978. The summed E-state index contributed by atoms with van der Waals surface area (Å²) in [6, 6.07) is 0.903. The van der Waals surface area contributed by atoms with E-state index in [0.717, 1.165) is 5.01 Å². The minimum atomic E-state index is -0.875. The molecule has 158 valence electrons. The molecule has 1 unspecified atom stereocenters. The van der Waals surface area contributed by atoms with Crippen molar-refractivity contribution in [2.45, 2.75) is 79.1 Å². The third-order valence-electron chi connectivity index (χ3n) is 2.93. The predicted molar refractivity (Wildman–Crippen MR) is 102 cm³/mol. The van der Waals surface area contributed by atoms with Crippen LogP contribution in [0.5, 0.6) is 0 Å². The van der Waals surface area contributed by atoms with Gasteiger partial charge in [-0.15, -0.1) is 0 Å². The molecule has 0 aliphatic rings. The fourth-order valence-electron chi connectivity index (χ4n) is 1.90. The van der Waals surface area contributed by atoms with Crippen LogP contribution in [0.1, 0.15) is 61.8 Å². The van der Waals surface area contributed by atoms with Gasteiger partial charge in [0.15, 0.2) is 0 Å². The summed E-state index contributed by atoms with van der Waals surface area (Å²) in [6.07, 6.45) is -0.207. The SMILES string of the molecule is CCOC(=O)/C(C#N)=C/C(CC)N(NC(=O)OC(C)(C)C)C(=O)OC(C)(C)C. The molecule has 28 heavy (non-hydrogen) atoms. The number of nitrogens with one attached hydrogen (secondary N) is 1. The highest BCUT2D eigenvalue weighted by atomic mass is 16.6. The number of carbonyl (C=O) groups excluding carboxylic acids is 3. The molecule has 0 bridgehead atoms. The molecule has 0 spiro atoms. The summed E-state index contributed by atoms with van der Waals surface area (Å²) in [5.41, 5.74) is 0.440. The van der Waals surface area contributed by atoms with Crippen molar-refractivity contribution in [3.63, 3.8) is 0 Å². The molecule has 0 saturated carbocycles. The van der Waals surface area contributed by atoms with Crippen molar-refractivity contribution in [2.24, 2.45) is 0 Å². The Kier molecular flexibility index (Phi) is 9.50. The van der Waals surface area contributed by atoms with Gasteiger partial charge in [-0.2, -0.15) is 5.26 Å². The smallest absolute Gasteiger partial charge is 0.429 e. The normalized spacial score (nSPS) is 13.0. The second kappa shape index (κ2) is 10.5. The average Bonchev–Trinajstić information content (AvgIpc) is 2.51. The Morgan fingerprint density at radius 3 is 2.00 bits per heavy atom. The van der Waals surface area contributed by atoms with E-state index >= 15 is 0 Å². The quantitative estimate of drug-likeness (QED) is 0.248. The Balaban J connectivity index is 5.83. The second-order valence-corrected chi connectivity index (χ2v) is 7.85. The molecule has 0 heterocycles. The van der Waals surface area contributed by atoms with E-state index in [1.165, 1.54) is 6.08 Å². The Hall–Kier alpha value is -2.76. The largest absolute Gasteiger partial charge is 0.462 e. The van der Waals surface area contributed by atoms with Gasteiger partial charge in [-0.25, -0.2) is 24.8 Å². The maximum absolute atomic E-state index is 12.6. The first-order valence-electron chi connectivity index (χ1n) is 9.05. The molecule has 2 amide bonds. The van der Waals surface area contributed by atoms with Crippen LogP contribution < -0.4 is 5.43 Å². The van der Waals surface area contributed by atoms with Crippen LogP contribution >= 0.6 is 0 Å². The van der Waals surface area contributed by atoms with Gasteiger partial charge in [-0.3, -0.25) is 0 Å². The van der Waals surface area contributed by atoms with Gasteiger partial charge in [-0.1, -0.05) is 6.92 Å². The topological polar surface area (TPSA) is 118 Å². The number of carbonyl (C=O) groups is 3. The number of nitrogens with zero attached hydrogens (tertiary/aromatic N) is 2. The number of esters is 1. The molecule has 0 aromatic heterocycles. The van der Waals surface area contributed by atoms with E-state index in [-0.39, 0.29) is 18.6 Å². The summed E-state index contributed by atoms with van der Waals surface area (Å²) in [4.78, 5) is 36.7. The Bertz CT molecular complexity index is 638. The van der Waals surface area contributed by atoms with Crippen molar-refractivity contribution in [2.75, 3.05) is 6.61 Å². The third kappa shape index (κ3) is 9.80. The van der Waals surface area contributed by atoms with Crippen LogP contribution in [0.25, 0.3) is 0 Å². The number of hydrogen-bond donors (Lipinski definition) is 1. The number of hydrogen-bond acceptors (Lipinski definition) is 7. The predicted octanol–water partition coefficient (Wildman–Crippen LogP) is 3.45. The average molecular weight is 397 g/mol. The first-order valence-corrected chi connectivity index (χ1v) is 9.05. The van der Waals surface area contributed by atoms with Crippen LogP contribution in [-0.4, -0.2) is 47.0 Å². The lowest BCUT2D eigenvalue weighted by Gasteiger charge is -2.32. The number of amides is 2. The molecule has 9 heteroatoms. The molecule has 0 aromatic rings. The Morgan fingerprint density at radius 1 is 1.07 bits per heavy atom. The van der Waals surface area contributed by atoms with E-state index in [9.17, 15) is 19.6 Å². The number of rotatable bonds is 5. The van der Waals surface area contributed by atoms with Gasteiger partial charge in [0.2, 0.25) is 0 Å². The van der Waals surface area contributed by atoms with E-state index in [2.05, 4.69) is 5.43 Å². The maximum Gasteiger partial charge on any atom is 0.429 e. The molecule has 0 aromatic carbocycles. The minimum Gasteiger partial charge on any atom is -0.462 e. The number of ether oxygens (including phenoxy) is 3. The monoisotopic (exact) mass is 397 g/mol. The van der Waals surface area contributed by atoms with E-state index in [0.29, 0.717) is 0 Å². The Morgan fingerprint density at radius 2 is 1.61 bits per heavy atom. The summed E-state index contributed by atoms with van der Waals surface area (Å²) < 4.78 is 15.3. The van der Waals surface area contributed by atoms with Gasteiger partial charge in [0.1, 0.15) is 22.8 Å². The molecule has 0 saturated heterocycles. The molecular formula is C19H31N3O6. The molecule has 0 aliphatic carbocycles. The molecule has 0 aliphatic heterocycles. The van der Waals surface area contributed by atoms with Crippen LogP contribution in [0.2, 0.25) is 0 Å². The van der Waals surface area contributed by atoms with Crippen LogP contribution in [0.4, 0.5) is 9.59 Å². The van der Waals surface area contributed by atoms with Crippen LogP contribution in [0, 0.1) is 11.3 Å². The standard InChI is InChI=1S/C19H31N3O6/c1-9-14(11-13(12-20)15(23)26-10-2)22(17(25)28-19(6,7)8)21-16(24)27-18(3,4)5/h11,14H,9-10H2,1-8H3,(H,21,24)/b13-11+. The second-order valence-electron chi connectivity index (χ2n) is 7.85. The van der Waals surface area contributed by atoms with Crippen molar-refractivity contribution in [3.8, 4) is 6.07 Å². The lowest BCUT2D eigenvalue weighted by molar-refractivity contribution is -0.138. The van der Waals surface area contributed by atoms with Crippen LogP contribution in [-0.2, 0) is 19.0 Å². The fraction of sp³-hybridized carbons (Fsp3) is 0.684. The van der Waals surface area contributed by atoms with Gasteiger partial charge in [0.25, 0.3) is 0 Å². The third-order valence-corrected chi connectivity index (χ3v) is 2.93. The summed E-state index contributed by atoms with van der Waals surface area (Å²) in [5.74, 6) is -0.815. The summed E-state index contributed by atoms with van der Waals surface area (Å²) in [6.45, 7) is 13.5. The van der Waals surface area contributed by atoms with Crippen molar-refractivity contribution >= 4 is 18.2 Å². The van der Waals surface area contributed by atoms with Gasteiger partial charge >= 0.3 is 18.2 Å². The highest BCUT2D eigenvalue weighted by Gasteiger charge is 2.31. The molecule has 9 nitrogen and oxygen atoms in total. The van der Waals surface area contributed by atoms with Gasteiger partial charge < -0.3 is 14.2 Å². The first-order chi connectivity index (χ1) is 12.7. The molecule has 1 N–H and O–H groups in total. The molecular weight excluding hydrogens is 366 g/mol. The summed E-state index contributed by atoms with van der Waals surface area (Å²) in [7, 11) is 0. The van der Waals surface area contributed by atoms with Gasteiger partial charge in [-0.05, 0) is 61.0 Å². The van der Waals surface area contributed by atoms with E-state index in [1.807, 2.05) is 0 Å². The number of hydrazine groups is 1.